The number of methoxy groups -OCH3 is 1. The second-order valence-corrected chi connectivity index (χ2v) is 9.99. The number of nitrogens with two attached hydrogens (primary N) is 1. The topological polar surface area (TPSA) is 184 Å². The number of aliphatic hydroxyl groups is 1. The molecule has 15 heteroatoms. The highest BCUT2D eigenvalue weighted by atomic mass is 31.1. The van der Waals surface area contributed by atoms with Crippen LogP contribution < -0.4 is 16.1 Å². The molecule has 4 N–H and O–H groups in total. The fraction of sp³-hybridized carbons (Fsp3) is 0.417. The molecule has 39 heavy (non-hydrogen) atoms. The fourth-order valence-corrected chi connectivity index (χ4v) is 5.31. The molecule has 0 aliphatic heterocycles. The maximum absolute atomic E-state index is 13.4. The molecule has 1 aromatic carbocycles. The van der Waals surface area contributed by atoms with Crippen molar-refractivity contribution in [1.29, 1.82) is 0 Å². The summed E-state index contributed by atoms with van der Waals surface area (Å²) in [6, 6.07) is 7.89. The van der Waals surface area contributed by atoms with Crippen LogP contribution in [-0.2, 0) is 23.4 Å². The number of carbonyl (C=O) groups excluding carboxylic acids is 1. The highest BCUT2D eigenvalue weighted by Crippen LogP contribution is 2.44. The minimum atomic E-state index is -2.87. The number of imidazole rings is 1. The van der Waals surface area contributed by atoms with E-state index in [1.807, 2.05) is 0 Å². The van der Waals surface area contributed by atoms with Gasteiger partial charge in [0.05, 0.1) is 25.1 Å². The molecule has 0 radical (unpaired) electrons. The van der Waals surface area contributed by atoms with Crippen LogP contribution in [0.25, 0.3) is 11.2 Å². The molecular formula is C24H30N6O8P+. The Labute approximate surface area is 224 Å². The summed E-state index contributed by atoms with van der Waals surface area (Å²) in [6.45, 7) is 6.90. The second-order valence-electron chi connectivity index (χ2n) is 8.89. The largest absolute Gasteiger partial charge is 0.655 e. The van der Waals surface area contributed by atoms with Crippen LogP contribution in [0, 0.1) is 5.92 Å². The lowest BCUT2D eigenvalue weighted by Crippen LogP contribution is -2.53. The number of esters is 1. The lowest BCUT2D eigenvalue weighted by Gasteiger charge is -2.27. The van der Waals surface area contributed by atoms with Gasteiger partial charge in [0.25, 0.3) is 11.3 Å². The van der Waals surface area contributed by atoms with Crippen LogP contribution in [0.2, 0.25) is 0 Å². The summed E-state index contributed by atoms with van der Waals surface area (Å²) in [4.78, 5) is 42.2. The Kier molecular flexibility index (Phi) is 8.42. The van der Waals surface area contributed by atoms with Crippen LogP contribution >= 0.6 is 8.18 Å². The van der Waals surface area contributed by atoms with E-state index in [1.165, 1.54) is 20.4 Å². The van der Waals surface area contributed by atoms with Crippen LogP contribution in [-0.4, -0.2) is 67.6 Å². The molecular weight excluding hydrogens is 531 g/mol. The van der Waals surface area contributed by atoms with Crippen LogP contribution in [0.15, 0.2) is 53.6 Å². The van der Waals surface area contributed by atoms with Gasteiger partial charge in [-0.05, 0) is 42.5 Å². The monoisotopic (exact) mass is 561 g/mol. The number of hydrogen-bond acceptors (Lipinski definition) is 11. The number of rotatable bonds is 11. The Morgan fingerprint density at radius 2 is 2.10 bits per heavy atom. The zero-order chi connectivity index (χ0) is 28.3. The third kappa shape index (κ3) is 5.56. The number of hydrogen-bond donors (Lipinski definition) is 3. The first-order chi connectivity index (χ1) is 18.6. The number of benzene rings is 1. The number of para-hydroxylation sites is 1. The molecule has 3 aromatic rings. The minimum absolute atomic E-state index is 0.0549. The second kappa shape index (κ2) is 11.6. The molecule has 2 aromatic heterocycles. The third-order valence-corrected chi connectivity index (χ3v) is 7.61. The lowest BCUT2D eigenvalue weighted by atomic mass is 10.0. The Morgan fingerprint density at radius 1 is 1.38 bits per heavy atom. The molecule has 1 fully saturated rings. The summed E-state index contributed by atoms with van der Waals surface area (Å²) in [5.74, 6) is -1.29. The minimum Gasteiger partial charge on any atom is -0.463 e. The van der Waals surface area contributed by atoms with Gasteiger partial charge in [-0.3, -0.25) is 9.78 Å². The third-order valence-electron chi connectivity index (χ3n) is 6.48. The van der Waals surface area contributed by atoms with E-state index in [0.29, 0.717) is 5.57 Å². The van der Waals surface area contributed by atoms with Crippen molar-refractivity contribution in [3.63, 3.8) is 0 Å². The van der Waals surface area contributed by atoms with Crippen LogP contribution in [0.3, 0.4) is 0 Å². The number of aromatic nitrogens is 4. The van der Waals surface area contributed by atoms with Gasteiger partial charge in [0.1, 0.15) is 6.61 Å². The molecule has 0 bridgehead atoms. The van der Waals surface area contributed by atoms with E-state index in [-0.39, 0.29) is 42.5 Å². The molecule has 4 rings (SSSR count). The van der Waals surface area contributed by atoms with E-state index in [2.05, 4.69) is 21.5 Å². The number of nitrogens with zero attached hydrogens (tertiary/aromatic N) is 4. The average molecular weight is 562 g/mol. The summed E-state index contributed by atoms with van der Waals surface area (Å²) in [5.41, 5.74) is 4.17. The number of nitrogen functional groups attached to an aromatic ring is 1. The number of anilines is 1. The molecule has 0 spiro atoms. The quantitative estimate of drug-likeness (QED) is 0.102. The highest BCUT2D eigenvalue weighted by molar-refractivity contribution is 7.36. The average Bonchev–Trinajstić information content (AvgIpc) is 3.46. The van der Waals surface area contributed by atoms with Gasteiger partial charge in [0.2, 0.25) is 5.95 Å². The van der Waals surface area contributed by atoms with Crippen molar-refractivity contribution < 1.29 is 33.3 Å². The van der Waals surface area contributed by atoms with E-state index in [1.54, 1.807) is 41.8 Å². The van der Waals surface area contributed by atoms with Crippen molar-refractivity contribution in [2.45, 2.75) is 38.1 Å². The van der Waals surface area contributed by atoms with E-state index in [0.717, 1.165) is 4.83 Å². The van der Waals surface area contributed by atoms with E-state index >= 15 is 0 Å². The first-order valence-electron chi connectivity index (χ1n) is 12.1. The molecule has 1 saturated carbocycles. The molecule has 2 heterocycles. The van der Waals surface area contributed by atoms with E-state index < -0.39 is 43.5 Å². The molecule has 0 amide bonds. The van der Waals surface area contributed by atoms with Crippen LogP contribution in [0.5, 0.6) is 5.75 Å². The molecule has 1 aliphatic rings. The van der Waals surface area contributed by atoms with E-state index in [4.69, 9.17) is 24.6 Å². The predicted molar refractivity (Wildman–Crippen MR) is 139 cm³/mol. The summed E-state index contributed by atoms with van der Waals surface area (Å²) in [7, 11) is -1.62. The Hall–Kier alpha value is -3.68. The van der Waals surface area contributed by atoms with Crippen molar-refractivity contribution in [3.8, 4) is 5.75 Å². The fourth-order valence-electron chi connectivity index (χ4n) is 4.28. The molecule has 14 nitrogen and oxygen atoms in total. The maximum Gasteiger partial charge on any atom is 0.655 e. The van der Waals surface area contributed by atoms with Crippen molar-refractivity contribution >= 4 is 31.3 Å². The number of aliphatic hydroxyl groups excluding tert-OH is 1. The highest BCUT2D eigenvalue weighted by Gasteiger charge is 2.57. The standard InChI is InChI=1S/C24H29N6O8P/c1-5-36-22(33)24(3,35-4)30(38-15-9-7-6-8-10-15)39(34)37-12-16-14(2)17(11-18(16)31)29-13-26-19-20(29)27-23(25)28-21(19)32/h6-10,13,16-18,31H,2,5,11-12H2,1,3-4H3,(H2-,25,27,28,32)/p+1/t16?,17-,18-,24?/m0/s1. The summed E-state index contributed by atoms with van der Waals surface area (Å²) in [5, 5.41) is 10.8. The number of H-pyrrole nitrogens is 1. The van der Waals surface area contributed by atoms with Crippen molar-refractivity contribution in [2.75, 3.05) is 26.1 Å². The predicted octanol–water partition coefficient (Wildman–Crippen LogP) is 2.08. The molecule has 0 saturated heterocycles. The zero-order valence-electron chi connectivity index (χ0n) is 21.6. The first-order valence-corrected chi connectivity index (χ1v) is 13.2. The maximum atomic E-state index is 13.4. The van der Waals surface area contributed by atoms with Gasteiger partial charge in [-0.1, -0.05) is 24.8 Å². The smallest absolute Gasteiger partial charge is 0.463 e. The summed E-state index contributed by atoms with van der Waals surface area (Å²) in [6.07, 6.45) is 0.717. The number of ether oxygens (including phenoxy) is 2. The number of fused-ring (bicyclic) bond motifs is 1. The molecule has 1 aliphatic carbocycles. The van der Waals surface area contributed by atoms with Gasteiger partial charge in [-0.25, -0.2) is 9.78 Å². The zero-order valence-corrected chi connectivity index (χ0v) is 22.5. The van der Waals surface area contributed by atoms with Gasteiger partial charge in [-0.2, -0.15) is 4.98 Å². The normalized spacial score (nSPS) is 21.2. The van der Waals surface area contributed by atoms with Gasteiger partial charge < -0.3 is 29.7 Å². The van der Waals surface area contributed by atoms with Crippen molar-refractivity contribution in [3.05, 3.63) is 59.2 Å². The lowest BCUT2D eigenvalue weighted by molar-refractivity contribution is -0.218. The van der Waals surface area contributed by atoms with Gasteiger partial charge in [-0.15, -0.1) is 4.52 Å². The Balaban J connectivity index is 1.54. The summed E-state index contributed by atoms with van der Waals surface area (Å²) < 4.78 is 31.2. The van der Waals surface area contributed by atoms with Crippen molar-refractivity contribution in [1.82, 2.24) is 24.4 Å². The van der Waals surface area contributed by atoms with Crippen molar-refractivity contribution in [2.24, 2.45) is 5.92 Å². The number of hydroxylamine groups is 1. The number of aromatic amines is 1. The Bertz CT molecular complexity index is 1430. The van der Waals surface area contributed by atoms with E-state index in [9.17, 15) is 19.3 Å². The van der Waals surface area contributed by atoms with Gasteiger partial charge in [0.15, 0.2) is 21.7 Å². The molecule has 208 valence electrons. The first kappa shape index (κ1) is 28.3. The van der Waals surface area contributed by atoms with Crippen LogP contribution in [0.4, 0.5) is 5.95 Å². The molecule has 5 atom stereocenters. The number of nitrogens with one attached hydrogen (secondary N) is 1. The van der Waals surface area contributed by atoms with Gasteiger partial charge >= 0.3 is 14.1 Å². The molecule has 3 unspecified atom stereocenters. The SMILES string of the molecule is C=C1C(CO[P+](=O)N(Oc2ccccc2)C(C)(OC)C(=O)OCC)[C@@H](O)C[C@@H]1n1cnc2c(=O)[nH]c(N)nc21. The van der Waals surface area contributed by atoms with Gasteiger partial charge in [0, 0.05) is 13.0 Å². The van der Waals surface area contributed by atoms with Crippen LogP contribution in [0.1, 0.15) is 26.3 Å². The summed E-state index contributed by atoms with van der Waals surface area (Å²) >= 11 is 0. The number of carbonyl (C=O) groups is 1. The Morgan fingerprint density at radius 3 is 2.77 bits per heavy atom.